The minimum Gasteiger partial charge on any atom is -0.468 e. The predicted molar refractivity (Wildman–Crippen MR) is 112 cm³/mol. The highest BCUT2D eigenvalue weighted by Crippen LogP contribution is 2.35. The van der Waals surface area contributed by atoms with Gasteiger partial charge in [0.05, 0.1) is 13.7 Å². The largest absolute Gasteiger partial charge is 0.468 e. The monoisotopic (exact) mass is 388 g/mol. The summed E-state index contributed by atoms with van der Waals surface area (Å²) in [6.45, 7) is 0.687. The quantitative estimate of drug-likeness (QED) is 0.341. The molecule has 1 aromatic heterocycles. The van der Waals surface area contributed by atoms with Gasteiger partial charge in [0.2, 0.25) is 0 Å². The third-order valence-electron chi connectivity index (χ3n) is 4.64. The van der Waals surface area contributed by atoms with Crippen molar-refractivity contribution in [3.63, 3.8) is 0 Å². The standard InChI is InChI=1S/C23H20N2O2S/c1-27-22(26)21(18-9-3-2-4-10-18)28-23-24-14-15-25(23)16-19-12-7-11-17-8-5-6-13-20(17)19/h2-15,21H,16H2,1H3. The number of hydrogen-bond acceptors (Lipinski definition) is 4. The van der Waals surface area contributed by atoms with Crippen molar-refractivity contribution in [3.8, 4) is 0 Å². The SMILES string of the molecule is COC(=O)C(Sc1nccn1Cc1cccc2ccccc12)c1ccccc1. The van der Waals surface area contributed by atoms with E-state index < -0.39 is 5.25 Å². The molecule has 0 amide bonds. The third kappa shape index (κ3) is 3.80. The van der Waals surface area contributed by atoms with Crippen LogP contribution < -0.4 is 0 Å². The zero-order valence-electron chi connectivity index (χ0n) is 15.5. The number of carbonyl (C=O) groups is 1. The van der Waals surface area contributed by atoms with Crippen molar-refractivity contribution in [2.75, 3.05) is 7.11 Å². The summed E-state index contributed by atoms with van der Waals surface area (Å²) < 4.78 is 7.11. The molecule has 4 rings (SSSR count). The van der Waals surface area contributed by atoms with Crippen LogP contribution in [-0.2, 0) is 16.1 Å². The van der Waals surface area contributed by atoms with Crippen LogP contribution in [0.4, 0.5) is 0 Å². The number of imidazole rings is 1. The van der Waals surface area contributed by atoms with Crippen molar-refractivity contribution in [2.24, 2.45) is 0 Å². The Morgan fingerprint density at radius 1 is 1.04 bits per heavy atom. The maximum Gasteiger partial charge on any atom is 0.323 e. The van der Waals surface area contributed by atoms with E-state index >= 15 is 0 Å². The Morgan fingerprint density at radius 2 is 1.79 bits per heavy atom. The molecule has 0 spiro atoms. The number of nitrogens with zero attached hydrogens (tertiary/aromatic N) is 2. The van der Waals surface area contributed by atoms with Gasteiger partial charge in [-0.25, -0.2) is 4.98 Å². The van der Waals surface area contributed by atoms with Crippen LogP contribution in [0.1, 0.15) is 16.4 Å². The van der Waals surface area contributed by atoms with Gasteiger partial charge in [0, 0.05) is 12.4 Å². The number of hydrogen-bond donors (Lipinski definition) is 0. The van der Waals surface area contributed by atoms with Gasteiger partial charge in [-0.2, -0.15) is 0 Å². The maximum atomic E-state index is 12.4. The number of fused-ring (bicyclic) bond motifs is 1. The fraction of sp³-hybridized carbons (Fsp3) is 0.130. The van der Waals surface area contributed by atoms with E-state index in [0.717, 1.165) is 10.7 Å². The number of rotatable bonds is 6. The molecule has 3 aromatic carbocycles. The molecule has 0 bridgehead atoms. The molecule has 4 nitrogen and oxygen atoms in total. The van der Waals surface area contributed by atoms with Gasteiger partial charge < -0.3 is 9.30 Å². The van der Waals surface area contributed by atoms with E-state index in [1.165, 1.54) is 35.2 Å². The molecule has 0 aliphatic carbocycles. The van der Waals surface area contributed by atoms with Crippen molar-refractivity contribution in [1.29, 1.82) is 0 Å². The number of ether oxygens (including phenoxy) is 1. The molecule has 0 saturated heterocycles. The lowest BCUT2D eigenvalue weighted by atomic mass is 10.0. The van der Waals surface area contributed by atoms with Crippen molar-refractivity contribution < 1.29 is 9.53 Å². The summed E-state index contributed by atoms with van der Waals surface area (Å²) in [5.74, 6) is -0.282. The molecule has 140 valence electrons. The Kier molecular flexibility index (Phi) is 5.44. The first-order valence-corrected chi connectivity index (χ1v) is 9.91. The van der Waals surface area contributed by atoms with E-state index in [9.17, 15) is 4.79 Å². The van der Waals surface area contributed by atoms with Crippen LogP contribution in [-0.4, -0.2) is 22.6 Å². The Morgan fingerprint density at radius 3 is 2.61 bits per heavy atom. The lowest BCUT2D eigenvalue weighted by molar-refractivity contribution is -0.140. The average molecular weight is 388 g/mol. The highest BCUT2D eigenvalue weighted by Gasteiger charge is 2.24. The van der Waals surface area contributed by atoms with Crippen molar-refractivity contribution in [2.45, 2.75) is 17.0 Å². The van der Waals surface area contributed by atoms with Crippen molar-refractivity contribution >= 4 is 28.5 Å². The molecule has 0 saturated carbocycles. The summed E-state index contributed by atoms with van der Waals surface area (Å²) in [5.41, 5.74) is 2.12. The summed E-state index contributed by atoms with van der Waals surface area (Å²) >= 11 is 1.41. The predicted octanol–water partition coefficient (Wildman–Crippen LogP) is 5.09. The van der Waals surface area contributed by atoms with E-state index in [4.69, 9.17) is 4.74 Å². The number of benzene rings is 3. The first-order valence-electron chi connectivity index (χ1n) is 9.03. The normalized spacial score (nSPS) is 12.0. The van der Waals surface area contributed by atoms with E-state index in [1.807, 2.05) is 42.6 Å². The van der Waals surface area contributed by atoms with Crippen molar-refractivity contribution in [3.05, 3.63) is 96.3 Å². The summed E-state index contributed by atoms with van der Waals surface area (Å²) in [7, 11) is 1.42. The van der Waals surface area contributed by atoms with Crippen molar-refractivity contribution in [1.82, 2.24) is 9.55 Å². The van der Waals surface area contributed by atoms with Crippen LogP contribution in [0.25, 0.3) is 10.8 Å². The molecule has 0 radical (unpaired) electrons. The fourth-order valence-electron chi connectivity index (χ4n) is 3.24. The van der Waals surface area contributed by atoms with E-state index in [2.05, 4.69) is 45.9 Å². The minimum absolute atomic E-state index is 0.282. The number of methoxy groups -OCH3 is 1. The highest BCUT2D eigenvalue weighted by molar-refractivity contribution is 8.00. The Bertz CT molecular complexity index is 1090. The van der Waals surface area contributed by atoms with Crippen LogP contribution in [0.5, 0.6) is 0 Å². The Labute approximate surface area is 168 Å². The molecular weight excluding hydrogens is 368 g/mol. The maximum absolute atomic E-state index is 12.4. The van der Waals surface area contributed by atoms with Gasteiger partial charge in [0.25, 0.3) is 0 Å². The molecule has 0 aliphatic rings. The van der Waals surface area contributed by atoms with Gasteiger partial charge in [0.15, 0.2) is 5.16 Å². The fourth-order valence-corrected chi connectivity index (χ4v) is 4.32. The van der Waals surface area contributed by atoms with Gasteiger partial charge in [0.1, 0.15) is 5.25 Å². The van der Waals surface area contributed by atoms with Crippen LogP contribution in [0.3, 0.4) is 0 Å². The smallest absolute Gasteiger partial charge is 0.323 e. The Balaban J connectivity index is 1.64. The van der Waals surface area contributed by atoms with Crippen LogP contribution >= 0.6 is 11.8 Å². The molecule has 1 unspecified atom stereocenters. The highest BCUT2D eigenvalue weighted by atomic mass is 32.2. The third-order valence-corrected chi connectivity index (χ3v) is 5.89. The van der Waals surface area contributed by atoms with Gasteiger partial charge in [-0.1, -0.05) is 84.6 Å². The van der Waals surface area contributed by atoms with Gasteiger partial charge >= 0.3 is 5.97 Å². The first-order chi connectivity index (χ1) is 13.8. The number of esters is 1. The second-order valence-corrected chi connectivity index (χ2v) is 7.48. The van der Waals surface area contributed by atoms with Gasteiger partial charge in [-0.3, -0.25) is 4.79 Å². The molecule has 28 heavy (non-hydrogen) atoms. The summed E-state index contributed by atoms with van der Waals surface area (Å²) in [6.07, 6.45) is 3.72. The molecule has 0 aliphatic heterocycles. The second kappa shape index (κ2) is 8.31. The molecule has 5 heteroatoms. The number of thioether (sulfide) groups is 1. The summed E-state index contributed by atoms with van der Waals surface area (Å²) in [5, 5.41) is 2.76. The molecule has 1 heterocycles. The summed E-state index contributed by atoms with van der Waals surface area (Å²) in [6, 6.07) is 24.3. The number of aromatic nitrogens is 2. The Hall–Kier alpha value is -3.05. The molecule has 0 N–H and O–H groups in total. The topological polar surface area (TPSA) is 44.1 Å². The molecular formula is C23H20N2O2S. The zero-order chi connectivity index (χ0) is 19.3. The lowest BCUT2D eigenvalue weighted by Crippen LogP contribution is -2.12. The van der Waals surface area contributed by atoms with Crippen LogP contribution in [0.15, 0.2) is 90.3 Å². The number of carbonyl (C=O) groups excluding carboxylic acids is 1. The van der Waals surface area contributed by atoms with E-state index in [1.54, 1.807) is 6.20 Å². The summed E-state index contributed by atoms with van der Waals surface area (Å²) in [4.78, 5) is 16.9. The first kappa shape index (κ1) is 18.3. The second-order valence-electron chi connectivity index (χ2n) is 6.41. The van der Waals surface area contributed by atoms with Crippen LogP contribution in [0, 0.1) is 0 Å². The molecule has 0 fully saturated rings. The lowest BCUT2D eigenvalue weighted by Gasteiger charge is -2.16. The van der Waals surface area contributed by atoms with Gasteiger partial charge in [-0.15, -0.1) is 0 Å². The molecule has 4 aromatic rings. The minimum atomic E-state index is -0.458. The zero-order valence-corrected chi connectivity index (χ0v) is 16.3. The van der Waals surface area contributed by atoms with E-state index in [0.29, 0.717) is 6.54 Å². The average Bonchev–Trinajstić information content (AvgIpc) is 3.19. The van der Waals surface area contributed by atoms with Gasteiger partial charge in [-0.05, 0) is 21.9 Å². The van der Waals surface area contributed by atoms with Crippen LogP contribution in [0.2, 0.25) is 0 Å². The van der Waals surface area contributed by atoms with E-state index in [-0.39, 0.29) is 5.97 Å². The molecule has 1 atom stereocenters.